The molecule has 0 amide bonds. The monoisotopic (exact) mass is 321 g/mol. The van der Waals surface area contributed by atoms with Crippen LogP contribution in [0.1, 0.15) is 57.6 Å². The van der Waals surface area contributed by atoms with Crippen molar-refractivity contribution >= 4 is 0 Å². The number of benzene rings is 1. The van der Waals surface area contributed by atoms with Gasteiger partial charge in [0.2, 0.25) is 0 Å². The maximum absolute atomic E-state index is 10.6. The molecule has 4 heteroatoms. The fourth-order valence-electron chi connectivity index (χ4n) is 3.15. The number of hydrogen-bond donors (Lipinski definition) is 1. The van der Waals surface area contributed by atoms with E-state index < -0.39 is 6.10 Å². The van der Waals surface area contributed by atoms with Gasteiger partial charge in [0.1, 0.15) is 11.5 Å². The molecule has 1 unspecified atom stereocenters. The van der Waals surface area contributed by atoms with Gasteiger partial charge in [0.05, 0.1) is 19.3 Å². The molecule has 1 fully saturated rings. The van der Waals surface area contributed by atoms with Crippen molar-refractivity contribution in [2.45, 2.75) is 52.1 Å². The van der Waals surface area contributed by atoms with Crippen molar-refractivity contribution in [1.29, 1.82) is 0 Å². The van der Waals surface area contributed by atoms with E-state index in [0.29, 0.717) is 13.2 Å². The molecule has 0 radical (unpaired) electrons. The Morgan fingerprint density at radius 2 is 1.74 bits per heavy atom. The van der Waals surface area contributed by atoms with Crippen molar-refractivity contribution in [2.75, 3.05) is 32.8 Å². The van der Waals surface area contributed by atoms with Crippen LogP contribution in [0.15, 0.2) is 18.2 Å². The Labute approximate surface area is 140 Å². The first-order valence-electron chi connectivity index (χ1n) is 9.04. The van der Waals surface area contributed by atoms with Crippen LogP contribution in [-0.4, -0.2) is 42.9 Å². The van der Waals surface area contributed by atoms with E-state index >= 15 is 0 Å². The van der Waals surface area contributed by atoms with E-state index in [9.17, 15) is 5.11 Å². The fraction of sp³-hybridized carbons (Fsp3) is 0.684. The van der Waals surface area contributed by atoms with E-state index in [2.05, 4.69) is 4.90 Å². The van der Waals surface area contributed by atoms with E-state index in [1.54, 1.807) is 0 Å². The van der Waals surface area contributed by atoms with Crippen molar-refractivity contribution < 1.29 is 14.6 Å². The summed E-state index contributed by atoms with van der Waals surface area (Å²) >= 11 is 0. The summed E-state index contributed by atoms with van der Waals surface area (Å²) in [4.78, 5) is 2.48. The summed E-state index contributed by atoms with van der Waals surface area (Å²) in [5.74, 6) is 1.53. The van der Waals surface area contributed by atoms with Crippen LogP contribution in [0.3, 0.4) is 0 Å². The number of ether oxygens (including phenoxy) is 2. The number of rotatable bonds is 8. The van der Waals surface area contributed by atoms with Crippen LogP contribution in [0.4, 0.5) is 0 Å². The summed E-state index contributed by atoms with van der Waals surface area (Å²) in [6.07, 6.45) is 5.50. The summed E-state index contributed by atoms with van der Waals surface area (Å²) in [7, 11) is 0. The Kier molecular flexibility index (Phi) is 7.69. The minimum Gasteiger partial charge on any atom is -0.494 e. The Balaban J connectivity index is 1.97. The highest BCUT2D eigenvalue weighted by Crippen LogP contribution is 2.31. The van der Waals surface area contributed by atoms with Crippen molar-refractivity contribution in [3.05, 3.63) is 23.8 Å². The Morgan fingerprint density at radius 3 is 2.39 bits per heavy atom. The molecule has 1 aliphatic rings. The topological polar surface area (TPSA) is 41.9 Å². The molecule has 0 spiro atoms. The van der Waals surface area contributed by atoms with Crippen LogP contribution in [-0.2, 0) is 0 Å². The summed E-state index contributed by atoms with van der Waals surface area (Å²) in [5.41, 5.74) is 0.866. The van der Waals surface area contributed by atoms with Gasteiger partial charge in [-0.2, -0.15) is 0 Å². The van der Waals surface area contributed by atoms with Gasteiger partial charge in [-0.25, -0.2) is 0 Å². The van der Waals surface area contributed by atoms with Crippen LogP contribution >= 0.6 is 0 Å². The molecular formula is C19H31NO3. The zero-order chi connectivity index (χ0) is 16.5. The summed E-state index contributed by atoms with van der Waals surface area (Å²) in [5, 5.41) is 10.6. The highest BCUT2D eigenvalue weighted by molar-refractivity contribution is 5.42. The minimum atomic E-state index is -0.490. The lowest BCUT2D eigenvalue weighted by atomic mass is 10.0. The molecule has 1 aromatic carbocycles. The summed E-state index contributed by atoms with van der Waals surface area (Å²) < 4.78 is 11.2. The van der Waals surface area contributed by atoms with Gasteiger partial charge in [0.25, 0.3) is 0 Å². The molecule has 1 atom stereocenters. The Hall–Kier alpha value is -1.26. The van der Waals surface area contributed by atoms with Crippen molar-refractivity contribution in [3.63, 3.8) is 0 Å². The zero-order valence-corrected chi connectivity index (χ0v) is 14.6. The first kappa shape index (κ1) is 18.1. The number of likely N-dealkylation sites (tertiary alicyclic amines) is 1. The predicted octanol–water partition coefficient (Wildman–Crippen LogP) is 3.78. The minimum absolute atomic E-state index is 0.490. The molecule has 1 aliphatic heterocycles. The van der Waals surface area contributed by atoms with Gasteiger partial charge in [0, 0.05) is 18.2 Å². The third-order valence-corrected chi connectivity index (χ3v) is 4.37. The number of aliphatic hydroxyl groups is 1. The lowest BCUT2D eigenvalue weighted by Crippen LogP contribution is -2.27. The van der Waals surface area contributed by atoms with E-state index in [1.807, 2.05) is 32.0 Å². The molecule has 2 rings (SSSR count). The van der Waals surface area contributed by atoms with Crippen LogP contribution < -0.4 is 9.47 Å². The lowest BCUT2D eigenvalue weighted by Gasteiger charge is -2.22. The van der Waals surface area contributed by atoms with Gasteiger partial charge in [-0.3, -0.25) is 0 Å². The first-order valence-corrected chi connectivity index (χ1v) is 9.04. The molecule has 0 aliphatic carbocycles. The molecule has 130 valence electrons. The standard InChI is InChI=1S/C19H31NO3/c1-3-22-16-9-10-17(19(15-16)23-4-2)18(21)11-14-20-12-7-5-6-8-13-20/h9-10,15,18,21H,3-8,11-14H2,1-2H3. The van der Waals surface area contributed by atoms with Gasteiger partial charge >= 0.3 is 0 Å². The molecule has 0 aromatic heterocycles. The van der Waals surface area contributed by atoms with Gasteiger partial charge in [-0.15, -0.1) is 0 Å². The Morgan fingerprint density at radius 1 is 1.04 bits per heavy atom. The molecular weight excluding hydrogens is 290 g/mol. The van der Waals surface area contributed by atoms with Crippen molar-refractivity contribution in [2.24, 2.45) is 0 Å². The molecule has 23 heavy (non-hydrogen) atoms. The van der Waals surface area contributed by atoms with Gasteiger partial charge in [-0.1, -0.05) is 12.8 Å². The van der Waals surface area contributed by atoms with E-state index in [0.717, 1.165) is 43.1 Å². The molecule has 1 heterocycles. The predicted molar refractivity (Wildman–Crippen MR) is 93.3 cm³/mol. The summed E-state index contributed by atoms with van der Waals surface area (Å²) in [6, 6.07) is 5.73. The van der Waals surface area contributed by atoms with Crippen LogP contribution in [0, 0.1) is 0 Å². The average molecular weight is 321 g/mol. The SMILES string of the molecule is CCOc1ccc(C(O)CCN2CCCCCC2)c(OCC)c1. The second-order valence-electron chi connectivity index (χ2n) is 6.13. The zero-order valence-electron chi connectivity index (χ0n) is 14.6. The molecule has 1 saturated heterocycles. The average Bonchev–Trinajstić information content (AvgIpc) is 2.82. The van der Waals surface area contributed by atoms with Crippen LogP contribution in [0.2, 0.25) is 0 Å². The van der Waals surface area contributed by atoms with Crippen molar-refractivity contribution in [1.82, 2.24) is 4.90 Å². The lowest BCUT2D eigenvalue weighted by molar-refractivity contribution is 0.139. The Bertz CT molecular complexity index is 456. The van der Waals surface area contributed by atoms with Crippen LogP contribution in [0.5, 0.6) is 11.5 Å². The quantitative estimate of drug-likeness (QED) is 0.791. The van der Waals surface area contributed by atoms with E-state index in [1.165, 1.54) is 25.7 Å². The van der Waals surface area contributed by atoms with Gasteiger partial charge in [0.15, 0.2) is 0 Å². The third kappa shape index (κ3) is 5.70. The van der Waals surface area contributed by atoms with Crippen molar-refractivity contribution in [3.8, 4) is 11.5 Å². The maximum atomic E-state index is 10.6. The second kappa shape index (κ2) is 9.78. The second-order valence-corrected chi connectivity index (χ2v) is 6.13. The highest BCUT2D eigenvalue weighted by atomic mass is 16.5. The number of hydrogen-bond acceptors (Lipinski definition) is 4. The van der Waals surface area contributed by atoms with Gasteiger partial charge in [-0.05, 0) is 58.3 Å². The van der Waals surface area contributed by atoms with E-state index in [-0.39, 0.29) is 0 Å². The molecule has 1 aromatic rings. The highest BCUT2D eigenvalue weighted by Gasteiger charge is 2.17. The largest absolute Gasteiger partial charge is 0.494 e. The maximum Gasteiger partial charge on any atom is 0.128 e. The first-order chi connectivity index (χ1) is 11.2. The number of aliphatic hydroxyl groups excluding tert-OH is 1. The molecule has 0 saturated carbocycles. The third-order valence-electron chi connectivity index (χ3n) is 4.37. The van der Waals surface area contributed by atoms with Gasteiger partial charge < -0.3 is 19.5 Å². The number of nitrogens with zero attached hydrogens (tertiary/aromatic N) is 1. The summed E-state index contributed by atoms with van der Waals surface area (Å²) in [6.45, 7) is 8.40. The van der Waals surface area contributed by atoms with E-state index in [4.69, 9.17) is 9.47 Å². The molecule has 0 bridgehead atoms. The van der Waals surface area contributed by atoms with Crippen LogP contribution in [0.25, 0.3) is 0 Å². The molecule has 4 nitrogen and oxygen atoms in total. The fourth-order valence-corrected chi connectivity index (χ4v) is 3.15. The normalized spacial score (nSPS) is 17.5. The smallest absolute Gasteiger partial charge is 0.128 e. The molecule has 1 N–H and O–H groups in total.